The lowest BCUT2D eigenvalue weighted by atomic mass is 10.4. The molecule has 0 saturated carbocycles. The van der Waals surface area contributed by atoms with Gasteiger partial charge in [-0.2, -0.15) is 31.0 Å². The van der Waals surface area contributed by atoms with Crippen LogP contribution in [0.5, 0.6) is 0 Å². The van der Waals surface area contributed by atoms with E-state index < -0.39 is 41.5 Å². The second-order valence-electron chi connectivity index (χ2n) is 2.83. The number of hydrogen-bond donors (Lipinski definition) is 3. The Bertz CT molecular complexity index is 355. The number of alkyl halides is 3. The predicted molar refractivity (Wildman–Crippen MR) is 49.0 cm³/mol. The molecule has 3 N–H and O–H groups in total. The summed E-state index contributed by atoms with van der Waals surface area (Å²) in [6, 6.07) is 0. The van der Waals surface area contributed by atoms with Crippen LogP contribution >= 0.6 is 0 Å². The Balaban J connectivity index is 4.15. The Labute approximate surface area is 95.1 Å². The summed E-state index contributed by atoms with van der Waals surface area (Å²) in [7, 11) is -3.48. The molecular weight excluding hydrogens is 269 g/mol. The highest BCUT2D eigenvalue weighted by Crippen LogP contribution is 2.12. The summed E-state index contributed by atoms with van der Waals surface area (Å²) in [6.45, 7) is -2.55. The number of nitrogens with one attached hydrogen (secondary N) is 2. The van der Waals surface area contributed by atoms with E-state index >= 15 is 0 Å². The molecule has 1 atom stereocenters. The van der Waals surface area contributed by atoms with E-state index in [0.717, 1.165) is 7.11 Å². The zero-order chi connectivity index (χ0) is 13.7. The van der Waals surface area contributed by atoms with Crippen LogP contribution in [0.2, 0.25) is 0 Å². The zero-order valence-electron chi connectivity index (χ0n) is 8.61. The Morgan fingerprint density at radius 3 is 2.35 bits per heavy atom. The van der Waals surface area contributed by atoms with Gasteiger partial charge in [-0.25, -0.2) is 4.79 Å². The molecule has 1 unspecified atom stereocenters. The van der Waals surface area contributed by atoms with Gasteiger partial charge >= 0.3 is 12.1 Å². The summed E-state index contributed by atoms with van der Waals surface area (Å²) in [5.74, 6) is -1.11. The van der Waals surface area contributed by atoms with Crippen molar-refractivity contribution in [2.45, 2.75) is 12.3 Å². The highest BCUT2D eigenvalue weighted by molar-refractivity contribution is 7.87. The Morgan fingerprint density at radius 2 is 1.94 bits per heavy atom. The van der Waals surface area contributed by atoms with Crippen molar-refractivity contribution in [1.29, 1.82) is 0 Å². The van der Waals surface area contributed by atoms with E-state index in [4.69, 9.17) is 5.11 Å². The number of esters is 1. The fraction of sp³-hybridized carbons (Fsp3) is 0.833. The molecule has 11 heteroatoms. The minimum Gasteiger partial charge on any atom is -0.467 e. The number of carbonyl (C=O) groups is 1. The number of hydrogen-bond acceptors (Lipinski definition) is 5. The molecule has 7 nitrogen and oxygen atoms in total. The summed E-state index contributed by atoms with van der Waals surface area (Å²) >= 11 is 0. The molecule has 0 bridgehead atoms. The van der Waals surface area contributed by atoms with Crippen molar-refractivity contribution in [3.63, 3.8) is 0 Å². The number of halogens is 3. The quantitative estimate of drug-likeness (QED) is 0.514. The van der Waals surface area contributed by atoms with Crippen LogP contribution in [0.1, 0.15) is 0 Å². The van der Waals surface area contributed by atoms with E-state index in [-0.39, 0.29) is 0 Å². The van der Waals surface area contributed by atoms with Gasteiger partial charge in [0, 0.05) is 6.54 Å². The molecule has 0 amide bonds. The second kappa shape index (κ2) is 6.14. The number of aliphatic hydroxyl groups excluding tert-OH is 1. The lowest BCUT2D eigenvalue weighted by Gasteiger charge is -2.12. The van der Waals surface area contributed by atoms with Gasteiger partial charge in [-0.15, -0.1) is 0 Å². The van der Waals surface area contributed by atoms with Crippen LogP contribution in [0.4, 0.5) is 13.2 Å². The molecule has 0 radical (unpaired) electrons. The van der Waals surface area contributed by atoms with Crippen molar-refractivity contribution < 1.29 is 36.2 Å². The Kier molecular flexibility index (Phi) is 5.81. The second-order valence-corrected chi connectivity index (χ2v) is 4.41. The SMILES string of the molecule is COC(=O)C(O)CNS(=O)(=O)NCC(F)(F)F. The largest absolute Gasteiger partial charge is 0.467 e. The summed E-state index contributed by atoms with van der Waals surface area (Å²) in [6.07, 6.45) is -6.49. The lowest BCUT2D eigenvalue weighted by Crippen LogP contribution is -2.45. The van der Waals surface area contributed by atoms with Crippen molar-refractivity contribution in [1.82, 2.24) is 9.44 Å². The molecular formula is C6H11F3N2O5S. The normalized spacial score (nSPS) is 14.4. The topological polar surface area (TPSA) is 105 Å². The Hall–Kier alpha value is -0.910. The van der Waals surface area contributed by atoms with Crippen molar-refractivity contribution >= 4 is 16.2 Å². The lowest BCUT2D eigenvalue weighted by molar-refractivity contribution is -0.149. The molecule has 0 aliphatic rings. The number of rotatable bonds is 6. The maximum atomic E-state index is 11.7. The van der Waals surface area contributed by atoms with E-state index in [1.807, 2.05) is 0 Å². The minimum atomic E-state index is -4.70. The Morgan fingerprint density at radius 1 is 1.41 bits per heavy atom. The summed E-state index contributed by atoms with van der Waals surface area (Å²) in [4.78, 5) is 10.6. The fourth-order valence-corrected chi connectivity index (χ4v) is 1.47. The summed E-state index contributed by atoms with van der Waals surface area (Å²) < 4.78 is 63.7. The molecule has 0 spiro atoms. The van der Waals surface area contributed by atoms with Gasteiger partial charge < -0.3 is 9.84 Å². The van der Waals surface area contributed by atoms with E-state index in [2.05, 4.69) is 4.74 Å². The van der Waals surface area contributed by atoms with E-state index in [9.17, 15) is 26.4 Å². The number of carbonyl (C=O) groups excluding carboxylic acids is 1. The third-order valence-corrected chi connectivity index (χ3v) is 2.47. The van der Waals surface area contributed by atoms with Crippen LogP contribution in [0.15, 0.2) is 0 Å². The van der Waals surface area contributed by atoms with Gasteiger partial charge in [0.2, 0.25) is 0 Å². The van der Waals surface area contributed by atoms with Crippen LogP contribution in [-0.2, 0) is 19.7 Å². The van der Waals surface area contributed by atoms with Crippen LogP contribution in [0, 0.1) is 0 Å². The maximum absolute atomic E-state index is 11.7. The highest BCUT2D eigenvalue weighted by Gasteiger charge is 2.29. The predicted octanol–water partition coefficient (Wildman–Crippen LogP) is -1.49. The number of methoxy groups -OCH3 is 1. The molecule has 17 heavy (non-hydrogen) atoms. The van der Waals surface area contributed by atoms with Crippen molar-refractivity contribution in [3.8, 4) is 0 Å². The molecule has 0 rings (SSSR count). The highest BCUT2D eigenvalue weighted by atomic mass is 32.2. The van der Waals surface area contributed by atoms with Gasteiger partial charge in [-0.1, -0.05) is 0 Å². The van der Waals surface area contributed by atoms with E-state index in [1.165, 1.54) is 4.72 Å². The first-order chi connectivity index (χ1) is 7.57. The molecule has 0 aromatic carbocycles. The van der Waals surface area contributed by atoms with E-state index in [0.29, 0.717) is 0 Å². The van der Waals surface area contributed by atoms with Crippen LogP contribution in [-0.4, -0.2) is 52.0 Å². The smallest absolute Gasteiger partial charge is 0.402 e. The summed E-state index contributed by atoms with van der Waals surface area (Å²) in [5, 5.41) is 8.96. The average Bonchev–Trinajstić information content (AvgIpc) is 2.21. The maximum Gasteiger partial charge on any atom is 0.402 e. The van der Waals surface area contributed by atoms with Crippen molar-refractivity contribution in [2.75, 3.05) is 20.2 Å². The number of ether oxygens (including phenoxy) is 1. The first-order valence-electron chi connectivity index (χ1n) is 4.14. The molecule has 0 saturated heterocycles. The van der Waals surface area contributed by atoms with Gasteiger partial charge in [0.1, 0.15) is 6.54 Å². The fourth-order valence-electron chi connectivity index (χ4n) is 0.636. The van der Waals surface area contributed by atoms with Crippen LogP contribution < -0.4 is 9.44 Å². The molecule has 0 heterocycles. The van der Waals surface area contributed by atoms with Crippen LogP contribution in [0.25, 0.3) is 0 Å². The first-order valence-corrected chi connectivity index (χ1v) is 5.62. The minimum absolute atomic E-state index is 0.792. The van der Waals surface area contributed by atoms with Crippen molar-refractivity contribution in [3.05, 3.63) is 0 Å². The third-order valence-electron chi connectivity index (χ3n) is 1.40. The van der Waals surface area contributed by atoms with Gasteiger partial charge in [0.25, 0.3) is 10.2 Å². The van der Waals surface area contributed by atoms with Crippen molar-refractivity contribution in [2.24, 2.45) is 0 Å². The third kappa shape index (κ3) is 7.90. The number of aliphatic hydroxyl groups is 1. The van der Waals surface area contributed by atoms with E-state index in [1.54, 1.807) is 4.72 Å². The zero-order valence-corrected chi connectivity index (χ0v) is 9.43. The average molecular weight is 280 g/mol. The van der Waals surface area contributed by atoms with Gasteiger partial charge in [0.05, 0.1) is 7.11 Å². The van der Waals surface area contributed by atoms with Gasteiger partial charge in [-0.05, 0) is 0 Å². The molecule has 0 fully saturated rings. The summed E-state index contributed by atoms with van der Waals surface area (Å²) in [5.41, 5.74) is 0. The monoisotopic (exact) mass is 280 g/mol. The van der Waals surface area contributed by atoms with Gasteiger partial charge in [0.15, 0.2) is 6.10 Å². The molecule has 0 aromatic rings. The first kappa shape index (κ1) is 16.1. The molecule has 0 aliphatic carbocycles. The molecule has 102 valence electrons. The molecule has 0 aliphatic heterocycles. The van der Waals surface area contributed by atoms with Crippen LogP contribution in [0.3, 0.4) is 0 Å². The standard InChI is InChI=1S/C6H11F3N2O5S/c1-16-5(13)4(12)2-10-17(14,15)11-3-6(7,8)9/h4,10-12H,2-3H2,1H3. The van der Waals surface area contributed by atoms with Gasteiger partial charge in [-0.3, -0.25) is 0 Å². The molecule has 0 aromatic heterocycles.